The number of halogens is 1. The van der Waals surface area contributed by atoms with Gasteiger partial charge in [0.25, 0.3) is 0 Å². The van der Waals surface area contributed by atoms with E-state index in [0.717, 1.165) is 24.4 Å². The summed E-state index contributed by atoms with van der Waals surface area (Å²) >= 11 is 0. The van der Waals surface area contributed by atoms with Crippen LogP contribution in [0.15, 0.2) is 24.3 Å². The van der Waals surface area contributed by atoms with Crippen LogP contribution in [0.2, 0.25) is 0 Å². The molecule has 1 aromatic rings. The van der Waals surface area contributed by atoms with Crippen molar-refractivity contribution in [2.75, 3.05) is 6.54 Å². The molecule has 0 aromatic heterocycles. The molecule has 1 aromatic carbocycles. The summed E-state index contributed by atoms with van der Waals surface area (Å²) in [5, 5.41) is 0. The van der Waals surface area contributed by atoms with Crippen molar-refractivity contribution in [2.45, 2.75) is 45.4 Å². The second kappa shape index (κ2) is 7.04. The molecular weight excluding hydrogens is 237 g/mol. The van der Waals surface area contributed by atoms with E-state index in [4.69, 9.17) is 5.73 Å². The van der Waals surface area contributed by atoms with Crippen molar-refractivity contribution >= 4 is 0 Å². The molecule has 0 saturated heterocycles. The second-order valence-corrected chi connectivity index (χ2v) is 6.06. The Bertz CT molecular complexity index is 391. The summed E-state index contributed by atoms with van der Waals surface area (Å²) in [6, 6.07) is 7.05. The lowest BCUT2D eigenvalue weighted by Gasteiger charge is -2.36. The molecule has 1 aliphatic rings. The summed E-state index contributed by atoms with van der Waals surface area (Å²) in [4.78, 5) is 0. The molecule has 0 aliphatic heterocycles. The third-order valence-corrected chi connectivity index (χ3v) is 4.64. The lowest BCUT2D eigenvalue weighted by Crippen LogP contribution is -2.31. The summed E-state index contributed by atoms with van der Waals surface area (Å²) < 4.78 is 13.3. The van der Waals surface area contributed by atoms with E-state index in [2.05, 4.69) is 6.92 Å². The van der Waals surface area contributed by atoms with Crippen molar-refractivity contribution in [1.29, 1.82) is 0 Å². The van der Waals surface area contributed by atoms with Crippen LogP contribution < -0.4 is 5.73 Å². The zero-order chi connectivity index (χ0) is 13.7. The zero-order valence-electron chi connectivity index (χ0n) is 11.9. The zero-order valence-corrected chi connectivity index (χ0v) is 11.9. The minimum absolute atomic E-state index is 0.122. The van der Waals surface area contributed by atoms with E-state index in [0.29, 0.717) is 11.8 Å². The van der Waals surface area contributed by atoms with Crippen molar-refractivity contribution in [2.24, 2.45) is 23.5 Å². The SMILES string of the molecule is CCCC1CCC(CN)C(Cc2cccc(F)c2)C1. The fraction of sp³-hybridized carbons (Fsp3) is 0.647. The van der Waals surface area contributed by atoms with Gasteiger partial charge in [-0.1, -0.05) is 38.3 Å². The Morgan fingerprint density at radius 1 is 1.26 bits per heavy atom. The third-order valence-electron chi connectivity index (χ3n) is 4.64. The highest BCUT2D eigenvalue weighted by molar-refractivity contribution is 5.17. The molecule has 2 N–H and O–H groups in total. The normalized spacial score (nSPS) is 27.4. The summed E-state index contributed by atoms with van der Waals surface area (Å²) in [5.74, 6) is 1.99. The number of rotatable bonds is 5. The molecule has 1 aliphatic carbocycles. The van der Waals surface area contributed by atoms with Gasteiger partial charge in [-0.15, -0.1) is 0 Å². The number of benzene rings is 1. The molecule has 1 fully saturated rings. The predicted octanol–water partition coefficient (Wildman–Crippen LogP) is 4.16. The summed E-state index contributed by atoms with van der Waals surface area (Å²) in [6.07, 6.45) is 7.43. The fourth-order valence-corrected chi connectivity index (χ4v) is 3.62. The Morgan fingerprint density at radius 3 is 2.79 bits per heavy atom. The van der Waals surface area contributed by atoms with Gasteiger partial charge in [0.05, 0.1) is 0 Å². The maximum atomic E-state index is 13.3. The molecule has 3 unspecified atom stereocenters. The lowest BCUT2D eigenvalue weighted by molar-refractivity contribution is 0.175. The van der Waals surface area contributed by atoms with Gasteiger partial charge in [-0.3, -0.25) is 0 Å². The Hall–Kier alpha value is -0.890. The molecule has 106 valence electrons. The quantitative estimate of drug-likeness (QED) is 0.848. The Kier molecular flexibility index (Phi) is 5.38. The Balaban J connectivity index is 2.01. The molecule has 3 atom stereocenters. The van der Waals surface area contributed by atoms with Crippen LogP contribution in [0.4, 0.5) is 4.39 Å². The first-order valence-electron chi connectivity index (χ1n) is 7.67. The minimum Gasteiger partial charge on any atom is -0.330 e. The van der Waals surface area contributed by atoms with Crippen molar-refractivity contribution in [3.05, 3.63) is 35.6 Å². The van der Waals surface area contributed by atoms with E-state index in [1.165, 1.54) is 38.2 Å². The van der Waals surface area contributed by atoms with Gasteiger partial charge in [0.1, 0.15) is 5.82 Å². The maximum Gasteiger partial charge on any atom is 0.123 e. The summed E-state index contributed by atoms with van der Waals surface area (Å²) in [6.45, 7) is 3.04. The Labute approximate surface area is 116 Å². The Morgan fingerprint density at radius 2 is 2.11 bits per heavy atom. The van der Waals surface area contributed by atoms with Crippen molar-refractivity contribution in [3.8, 4) is 0 Å². The molecule has 0 radical (unpaired) electrons. The molecule has 2 rings (SSSR count). The van der Waals surface area contributed by atoms with E-state index in [1.54, 1.807) is 6.07 Å². The lowest BCUT2D eigenvalue weighted by atomic mass is 9.70. The molecule has 2 heteroatoms. The van der Waals surface area contributed by atoms with E-state index in [-0.39, 0.29) is 5.82 Å². The van der Waals surface area contributed by atoms with E-state index >= 15 is 0 Å². The van der Waals surface area contributed by atoms with E-state index < -0.39 is 0 Å². The van der Waals surface area contributed by atoms with Crippen LogP contribution in [0, 0.1) is 23.6 Å². The van der Waals surface area contributed by atoms with Crippen LogP contribution >= 0.6 is 0 Å². The maximum absolute atomic E-state index is 13.3. The van der Waals surface area contributed by atoms with Gasteiger partial charge in [0.2, 0.25) is 0 Å². The van der Waals surface area contributed by atoms with Crippen LogP contribution in [0.3, 0.4) is 0 Å². The topological polar surface area (TPSA) is 26.0 Å². The van der Waals surface area contributed by atoms with Crippen LogP contribution in [0.25, 0.3) is 0 Å². The standard InChI is InChI=1S/C17H26FN/c1-2-4-13-7-8-15(12-19)16(9-13)10-14-5-3-6-17(18)11-14/h3,5-6,11,13,15-16H,2,4,7-10,12,19H2,1H3. The number of hydrogen-bond donors (Lipinski definition) is 1. The average Bonchev–Trinajstić information content (AvgIpc) is 2.39. The van der Waals surface area contributed by atoms with Crippen LogP contribution in [-0.2, 0) is 6.42 Å². The van der Waals surface area contributed by atoms with Crippen molar-refractivity contribution < 1.29 is 4.39 Å². The minimum atomic E-state index is -0.122. The van der Waals surface area contributed by atoms with E-state index in [1.807, 2.05) is 12.1 Å². The van der Waals surface area contributed by atoms with Gasteiger partial charge < -0.3 is 5.73 Å². The third kappa shape index (κ3) is 4.04. The molecule has 0 heterocycles. The highest BCUT2D eigenvalue weighted by Gasteiger charge is 2.29. The van der Waals surface area contributed by atoms with Gasteiger partial charge >= 0.3 is 0 Å². The summed E-state index contributed by atoms with van der Waals surface area (Å²) in [7, 11) is 0. The largest absolute Gasteiger partial charge is 0.330 e. The fourth-order valence-electron chi connectivity index (χ4n) is 3.62. The van der Waals surface area contributed by atoms with Gasteiger partial charge in [-0.25, -0.2) is 4.39 Å². The summed E-state index contributed by atoms with van der Waals surface area (Å²) in [5.41, 5.74) is 7.05. The van der Waals surface area contributed by atoms with Gasteiger partial charge in [-0.05, 0) is 61.3 Å². The monoisotopic (exact) mass is 263 g/mol. The van der Waals surface area contributed by atoms with Crippen LogP contribution in [0.1, 0.15) is 44.6 Å². The first-order chi connectivity index (χ1) is 9.22. The molecule has 19 heavy (non-hydrogen) atoms. The van der Waals surface area contributed by atoms with Gasteiger partial charge in [0, 0.05) is 0 Å². The molecule has 1 saturated carbocycles. The van der Waals surface area contributed by atoms with Gasteiger partial charge in [0.15, 0.2) is 0 Å². The highest BCUT2D eigenvalue weighted by Crippen LogP contribution is 2.37. The van der Waals surface area contributed by atoms with Crippen LogP contribution in [-0.4, -0.2) is 6.54 Å². The van der Waals surface area contributed by atoms with Crippen molar-refractivity contribution in [1.82, 2.24) is 0 Å². The second-order valence-electron chi connectivity index (χ2n) is 6.06. The molecule has 0 spiro atoms. The highest BCUT2D eigenvalue weighted by atomic mass is 19.1. The number of hydrogen-bond acceptors (Lipinski definition) is 1. The molecule has 0 amide bonds. The van der Waals surface area contributed by atoms with E-state index in [9.17, 15) is 4.39 Å². The molecular formula is C17H26FN. The predicted molar refractivity (Wildman–Crippen MR) is 78.4 cm³/mol. The first-order valence-corrected chi connectivity index (χ1v) is 7.67. The van der Waals surface area contributed by atoms with Crippen molar-refractivity contribution in [3.63, 3.8) is 0 Å². The first kappa shape index (κ1) is 14.5. The average molecular weight is 263 g/mol. The van der Waals surface area contributed by atoms with Crippen LogP contribution in [0.5, 0.6) is 0 Å². The molecule has 0 bridgehead atoms. The molecule has 1 nitrogen and oxygen atoms in total. The smallest absolute Gasteiger partial charge is 0.123 e. The number of nitrogens with two attached hydrogens (primary N) is 1. The van der Waals surface area contributed by atoms with Gasteiger partial charge in [-0.2, -0.15) is 0 Å².